The number of nitrogens with zero attached hydrogens (tertiary/aromatic N) is 6. The fourth-order valence-corrected chi connectivity index (χ4v) is 7.35. The average molecular weight is 699 g/mol. The molecule has 3 aromatic heterocycles. The van der Waals surface area contributed by atoms with E-state index in [0.717, 1.165) is 27.9 Å². The molecule has 0 unspecified atom stereocenters. The van der Waals surface area contributed by atoms with Crippen LogP contribution in [0, 0.1) is 11.2 Å². The molecule has 0 saturated carbocycles. The van der Waals surface area contributed by atoms with Gasteiger partial charge >= 0.3 is 0 Å². The number of fused-ring (bicyclic) bond motifs is 2. The van der Waals surface area contributed by atoms with Gasteiger partial charge in [0.15, 0.2) is 24.1 Å². The van der Waals surface area contributed by atoms with Crippen molar-refractivity contribution in [3.63, 3.8) is 0 Å². The van der Waals surface area contributed by atoms with Crippen molar-refractivity contribution in [1.29, 1.82) is 5.41 Å². The van der Waals surface area contributed by atoms with E-state index in [1.807, 2.05) is 12.1 Å². The lowest BCUT2D eigenvalue weighted by Crippen LogP contribution is -2.71. The van der Waals surface area contributed by atoms with E-state index in [9.17, 15) is 23.9 Å². The number of hydrogen-bond donors (Lipinski definition) is 4. The maximum absolute atomic E-state index is 14.9. The molecule has 19 heteroatoms. The Morgan fingerprint density at radius 2 is 2.15 bits per heavy atom. The van der Waals surface area contributed by atoms with E-state index in [1.54, 1.807) is 27.7 Å². The number of β-lactam (4-membered cyclic amide) rings is 1. The smallest absolute Gasteiger partial charge is 0.278 e. The Kier molecular flexibility index (Phi) is 8.56. The molecule has 2 amide bonds. The second kappa shape index (κ2) is 12.6. The van der Waals surface area contributed by atoms with Gasteiger partial charge in [0, 0.05) is 56.7 Å². The van der Waals surface area contributed by atoms with E-state index < -0.39 is 35.0 Å². The molecule has 5 heterocycles. The highest BCUT2D eigenvalue weighted by atomic mass is 35.5. The van der Waals surface area contributed by atoms with Crippen LogP contribution in [0.4, 0.5) is 9.52 Å². The molecule has 6 N–H and O–H groups in total. The van der Waals surface area contributed by atoms with E-state index in [1.165, 1.54) is 24.9 Å². The van der Waals surface area contributed by atoms with E-state index in [2.05, 4.69) is 19.8 Å². The van der Waals surface area contributed by atoms with Crippen molar-refractivity contribution in [2.75, 3.05) is 18.6 Å². The van der Waals surface area contributed by atoms with E-state index in [0.29, 0.717) is 11.1 Å². The van der Waals surface area contributed by atoms with Crippen LogP contribution in [0.25, 0.3) is 10.9 Å². The monoisotopic (exact) mass is 698 g/mol. The van der Waals surface area contributed by atoms with Crippen LogP contribution >= 0.6 is 34.9 Å². The summed E-state index contributed by atoms with van der Waals surface area (Å²) < 4.78 is 22.4. The van der Waals surface area contributed by atoms with Crippen molar-refractivity contribution in [1.82, 2.24) is 24.1 Å². The van der Waals surface area contributed by atoms with Crippen LogP contribution in [0.3, 0.4) is 0 Å². The van der Waals surface area contributed by atoms with Gasteiger partial charge in [-0.3, -0.25) is 19.9 Å². The molecule has 0 spiro atoms. The van der Waals surface area contributed by atoms with Gasteiger partial charge in [0.25, 0.3) is 11.8 Å². The molecule has 0 radical (unpaired) electrons. The van der Waals surface area contributed by atoms with Crippen molar-refractivity contribution in [3.8, 4) is 0 Å². The third kappa shape index (κ3) is 5.97. The number of carboxylic acid groups (broad SMARTS) is 1. The number of carbonyl (C=O) groups is 3. The Labute approximate surface area is 278 Å². The van der Waals surface area contributed by atoms with Crippen molar-refractivity contribution >= 4 is 80.3 Å². The Hall–Kier alpha value is -5.07. The van der Waals surface area contributed by atoms with Crippen molar-refractivity contribution < 1.29 is 33.3 Å². The molecule has 1 saturated heterocycles. The van der Waals surface area contributed by atoms with Gasteiger partial charge in [0.05, 0.1) is 18.2 Å². The number of nitrogens with one attached hydrogen (secondary N) is 2. The normalized spacial score (nSPS) is 17.8. The number of nitrogens with two attached hydrogens (primary N) is 2. The van der Waals surface area contributed by atoms with Crippen LogP contribution in [-0.4, -0.2) is 72.4 Å². The maximum atomic E-state index is 14.9. The summed E-state index contributed by atoms with van der Waals surface area (Å²) in [6, 6.07) is 5.21. The number of anilines is 1. The van der Waals surface area contributed by atoms with E-state index >= 15 is 0 Å². The number of rotatable bonds is 10. The van der Waals surface area contributed by atoms with Crippen LogP contribution in [0.5, 0.6) is 0 Å². The summed E-state index contributed by atoms with van der Waals surface area (Å²) in [7, 11) is 1.23. The summed E-state index contributed by atoms with van der Waals surface area (Å²) in [5.74, 6) is -3.73. The summed E-state index contributed by atoms with van der Waals surface area (Å²) >= 11 is 8.46. The van der Waals surface area contributed by atoms with Gasteiger partial charge < -0.3 is 36.1 Å². The molecule has 47 heavy (non-hydrogen) atoms. The predicted molar refractivity (Wildman–Crippen MR) is 169 cm³/mol. The van der Waals surface area contributed by atoms with Gasteiger partial charge in [-0.1, -0.05) is 16.8 Å². The van der Waals surface area contributed by atoms with Crippen LogP contribution in [0.1, 0.15) is 17.0 Å². The Morgan fingerprint density at radius 3 is 2.81 bits per heavy atom. The van der Waals surface area contributed by atoms with Gasteiger partial charge in [0.2, 0.25) is 11.5 Å². The summed E-state index contributed by atoms with van der Waals surface area (Å²) in [4.78, 5) is 48.3. The number of halogens is 2. The molecular formula is C28H24ClFN10O5S2. The molecule has 4 aromatic rings. The molecule has 2 aliphatic heterocycles. The maximum Gasteiger partial charge on any atom is 0.278 e. The third-order valence-electron chi connectivity index (χ3n) is 7.51. The number of carbonyl (C=O) groups excluding carboxylic acids is 3. The highest BCUT2D eigenvalue weighted by molar-refractivity contribution is 8.00. The van der Waals surface area contributed by atoms with E-state index in [-0.39, 0.29) is 63.2 Å². The SMILES string of the molecule is CO/N=C(\C(=O)N[C@@H]1C(=O)N2C(C(=O)[O-])=C(C[n+]3ccc4ccn(Cc5c(F)cc(C(=N)N)cc5Cl)c4c3)CS[C@H]12)c1nsc(N)n1. The minimum absolute atomic E-state index is 0.0800. The summed E-state index contributed by atoms with van der Waals surface area (Å²) in [5, 5.41) is 26.5. The number of amidine groups is 1. The minimum Gasteiger partial charge on any atom is -0.543 e. The molecule has 6 rings (SSSR count). The van der Waals surface area contributed by atoms with E-state index in [4.69, 9.17) is 33.3 Å². The lowest BCUT2D eigenvalue weighted by molar-refractivity contribution is -0.687. The van der Waals surface area contributed by atoms with Crippen LogP contribution < -0.4 is 26.5 Å². The van der Waals surface area contributed by atoms with Crippen LogP contribution in [-0.2, 0) is 32.3 Å². The first-order chi connectivity index (χ1) is 22.5. The number of aliphatic carboxylic acids is 1. The second-order valence-electron chi connectivity index (χ2n) is 10.4. The first-order valence-electron chi connectivity index (χ1n) is 13.7. The zero-order valence-corrected chi connectivity index (χ0v) is 26.7. The number of carboxylic acids is 1. The molecular weight excluding hydrogens is 675 g/mol. The highest BCUT2D eigenvalue weighted by Gasteiger charge is 2.53. The standard InChI is InChI=1S/C28H24ClFN10O5S2/c1-45-36-19(23-35-28(33)47-37-23)24(41)34-20-25(42)40-21(27(43)44)14(11-46-26(20)40)8-38-4-2-12-3-5-39(18(12)10-38)9-15-16(29)6-13(22(31)32)7-17(15)30/h2-7,10,20,26H,8-9,11H2,1H3,(H6-,31,32,33,34,35,37,41,43,44)/b36-19-/t20-,26-/m1/s1. The lowest BCUT2D eigenvalue weighted by Gasteiger charge is -2.50. The molecule has 1 aromatic carbocycles. The first-order valence-corrected chi connectivity index (χ1v) is 15.9. The largest absolute Gasteiger partial charge is 0.543 e. The van der Waals surface area contributed by atoms with Crippen molar-refractivity contribution in [2.24, 2.45) is 10.9 Å². The Bertz CT molecular complexity index is 2020. The number of thioether (sulfide) groups is 1. The molecule has 242 valence electrons. The quantitative estimate of drug-likeness (QED) is 0.0568. The number of hydrogen-bond acceptors (Lipinski definition) is 12. The predicted octanol–water partition coefficient (Wildman–Crippen LogP) is -0.0580. The van der Waals surface area contributed by atoms with Gasteiger partial charge in [-0.05, 0) is 18.2 Å². The Balaban J connectivity index is 1.22. The molecule has 2 aliphatic rings. The lowest BCUT2D eigenvalue weighted by atomic mass is 10.0. The third-order valence-corrected chi connectivity index (χ3v) is 9.72. The second-order valence-corrected chi connectivity index (χ2v) is 12.7. The Morgan fingerprint density at radius 1 is 1.36 bits per heavy atom. The van der Waals surface area contributed by atoms with Gasteiger partial charge in [-0.25, -0.2) is 4.39 Å². The molecule has 2 atom stereocenters. The zero-order chi connectivity index (χ0) is 33.6. The van der Waals surface area contributed by atoms with Crippen molar-refractivity contribution in [3.05, 3.63) is 81.9 Å². The zero-order valence-electron chi connectivity index (χ0n) is 24.3. The molecule has 0 aliphatic carbocycles. The topological polar surface area (TPSA) is 222 Å². The number of amides is 2. The number of oxime groups is 1. The summed E-state index contributed by atoms with van der Waals surface area (Å²) in [5.41, 5.74) is 12.0. The van der Waals surface area contributed by atoms with Gasteiger partial charge in [-0.2, -0.15) is 13.9 Å². The molecule has 0 bridgehead atoms. The minimum atomic E-state index is -1.53. The van der Waals surface area contributed by atoms with Crippen LogP contribution in [0.15, 0.2) is 59.3 Å². The fraction of sp³-hybridized carbons (Fsp3) is 0.214. The number of aromatic nitrogens is 4. The summed E-state index contributed by atoms with van der Waals surface area (Å²) in [6.45, 7) is 0.188. The summed E-state index contributed by atoms with van der Waals surface area (Å²) in [6.07, 6.45) is 5.31. The first kappa shape index (κ1) is 31.9. The highest BCUT2D eigenvalue weighted by Crippen LogP contribution is 2.40. The fourth-order valence-electron chi connectivity index (χ4n) is 5.31. The van der Waals surface area contributed by atoms with Gasteiger partial charge in [-0.15, -0.1) is 11.8 Å². The van der Waals surface area contributed by atoms with Crippen molar-refractivity contribution in [2.45, 2.75) is 24.5 Å². The number of pyridine rings is 1. The average Bonchev–Trinajstić information content (AvgIpc) is 3.65. The van der Waals surface area contributed by atoms with Gasteiger partial charge in [0.1, 0.15) is 35.7 Å². The van der Waals surface area contributed by atoms with Crippen LogP contribution in [0.2, 0.25) is 5.02 Å². The number of nitrogen functional groups attached to an aromatic ring is 2. The molecule has 1 fully saturated rings. The molecule has 15 nitrogen and oxygen atoms in total. The number of benzene rings is 1.